The molecule has 6 nitrogen and oxygen atoms in total. The van der Waals surface area contributed by atoms with Crippen LogP contribution in [0.15, 0.2) is 66.7 Å². The van der Waals surface area contributed by atoms with Gasteiger partial charge in [0.05, 0.1) is 0 Å². The largest absolute Gasteiger partial charge is 0.692 e. The second kappa shape index (κ2) is 13.9. The lowest BCUT2D eigenvalue weighted by Crippen LogP contribution is -2.19. The molecule has 0 saturated heterocycles. The Labute approximate surface area is 216 Å². The number of benzene rings is 3. The summed E-state index contributed by atoms with van der Waals surface area (Å²) in [6, 6.07) is 24.5. The van der Waals surface area contributed by atoms with Crippen LogP contribution in [0.3, 0.4) is 0 Å². The molecule has 0 bridgehead atoms. The molecular weight excluding hydrogens is 494 g/mol. The summed E-state index contributed by atoms with van der Waals surface area (Å²) in [5, 5.41) is 0. The zero-order valence-corrected chi connectivity index (χ0v) is 23.8. The molecule has 3 rings (SSSR count). The summed E-state index contributed by atoms with van der Waals surface area (Å²) in [4.78, 5) is 28.5. The molecule has 0 amide bonds. The summed E-state index contributed by atoms with van der Waals surface area (Å²) in [5.74, 6) is 0. The maximum absolute atomic E-state index is 8.70. The highest BCUT2D eigenvalue weighted by atomic mass is 31.1. The third-order valence-corrected chi connectivity index (χ3v) is 5.56. The third-order valence-electron chi connectivity index (χ3n) is 5.56. The van der Waals surface area contributed by atoms with Gasteiger partial charge in [-0.3, -0.25) is 0 Å². The van der Waals surface area contributed by atoms with Gasteiger partial charge in [0.25, 0.3) is 0 Å². The van der Waals surface area contributed by atoms with Crippen molar-refractivity contribution >= 4 is 16.5 Å². The summed E-state index contributed by atoms with van der Waals surface area (Å²) in [6.45, 7) is 16.2. The Morgan fingerprint density at radius 3 is 1.33 bits per heavy atom. The van der Waals surface area contributed by atoms with E-state index in [4.69, 9.17) is 28.7 Å². The zero-order chi connectivity index (χ0) is 27.7. The molecule has 4 N–H and O–H groups in total. The summed E-state index contributed by atoms with van der Waals surface area (Å²) >= 11 is 0. The zero-order valence-electron chi connectivity index (χ0n) is 22.1. The fourth-order valence-electron chi connectivity index (χ4n) is 4.13. The maximum Gasteiger partial charge on any atom is 0.692 e. The van der Waals surface area contributed by atoms with Crippen LogP contribution in [0.1, 0.15) is 65.2 Å². The van der Waals surface area contributed by atoms with E-state index in [0.717, 1.165) is 6.42 Å². The highest BCUT2D eigenvalue weighted by Crippen LogP contribution is 2.41. The van der Waals surface area contributed by atoms with Gasteiger partial charge < -0.3 is 0 Å². The first-order chi connectivity index (χ1) is 16.6. The SMILES string of the molecule is CCc1c(C(C)(C)C)ccc(C(C)(C)C)c1-c1ccc(-c2ccccc2)cc1.O=[P+](O)O.O=[P+](O)O. The smallest absolute Gasteiger partial charge is 0.134 e. The van der Waals surface area contributed by atoms with Gasteiger partial charge in [-0.25, -0.2) is 0 Å². The molecule has 36 heavy (non-hydrogen) atoms. The van der Waals surface area contributed by atoms with Crippen molar-refractivity contribution in [2.75, 3.05) is 0 Å². The van der Waals surface area contributed by atoms with Crippen molar-refractivity contribution < 1.29 is 28.7 Å². The van der Waals surface area contributed by atoms with Gasteiger partial charge >= 0.3 is 16.5 Å². The summed E-state index contributed by atoms with van der Waals surface area (Å²) in [7, 11) is -5.74. The van der Waals surface area contributed by atoms with Gasteiger partial charge in [0.1, 0.15) is 0 Å². The molecule has 0 aliphatic carbocycles. The van der Waals surface area contributed by atoms with Crippen LogP contribution in [0.2, 0.25) is 0 Å². The molecule has 0 fully saturated rings. The normalized spacial score (nSPS) is 11.0. The predicted octanol–water partition coefficient (Wildman–Crippen LogP) is 7.43. The summed E-state index contributed by atoms with van der Waals surface area (Å²) < 4.78 is 17.4. The number of hydrogen-bond acceptors (Lipinski definition) is 2. The lowest BCUT2D eigenvalue weighted by Gasteiger charge is -2.31. The van der Waals surface area contributed by atoms with Gasteiger partial charge in [-0.2, -0.15) is 0 Å². The van der Waals surface area contributed by atoms with Gasteiger partial charge in [0, 0.05) is 9.13 Å². The molecule has 0 radical (unpaired) electrons. The Kier molecular flexibility index (Phi) is 12.2. The molecule has 3 aromatic carbocycles. The number of rotatable bonds is 3. The van der Waals surface area contributed by atoms with E-state index in [2.05, 4.69) is 115 Å². The van der Waals surface area contributed by atoms with Crippen LogP contribution in [0.4, 0.5) is 0 Å². The van der Waals surface area contributed by atoms with Crippen LogP contribution < -0.4 is 0 Å². The molecule has 194 valence electrons. The Morgan fingerprint density at radius 2 is 0.944 bits per heavy atom. The Bertz CT molecular complexity index is 1130. The second-order valence-corrected chi connectivity index (χ2v) is 11.3. The van der Waals surface area contributed by atoms with E-state index < -0.39 is 16.5 Å². The lowest BCUT2D eigenvalue weighted by molar-refractivity contribution is 0.403. The molecule has 0 heterocycles. The molecule has 3 aromatic rings. The van der Waals surface area contributed by atoms with Crippen LogP contribution in [-0.2, 0) is 26.4 Å². The molecule has 0 aliphatic heterocycles. The lowest BCUT2D eigenvalue weighted by atomic mass is 9.74. The first kappa shape index (κ1) is 31.7. The van der Waals surface area contributed by atoms with E-state index in [0.29, 0.717) is 0 Å². The fourth-order valence-corrected chi connectivity index (χ4v) is 4.13. The van der Waals surface area contributed by atoms with Crippen molar-refractivity contribution in [1.29, 1.82) is 0 Å². The van der Waals surface area contributed by atoms with Gasteiger partial charge in [0.15, 0.2) is 0 Å². The van der Waals surface area contributed by atoms with Crippen molar-refractivity contribution in [3.63, 3.8) is 0 Å². The van der Waals surface area contributed by atoms with E-state index in [1.165, 1.54) is 38.9 Å². The predicted molar refractivity (Wildman–Crippen MR) is 148 cm³/mol. The minimum atomic E-state index is -2.87. The average Bonchev–Trinajstić information content (AvgIpc) is 2.77. The molecule has 0 atom stereocenters. The quantitative estimate of drug-likeness (QED) is 0.261. The Hall–Kier alpha value is -2.30. The highest BCUT2D eigenvalue weighted by Gasteiger charge is 2.26. The molecular formula is C28H38O6P2+2. The number of hydrogen-bond donors (Lipinski definition) is 4. The van der Waals surface area contributed by atoms with Gasteiger partial charge in [-0.05, 0) is 56.2 Å². The first-order valence-electron chi connectivity index (χ1n) is 11.6. The van der Waals surface area contributed by atoms with Crippen LogP contribution in [-0.4, -0.2) is 19.6 Å². The summed E-state index contributed by atoms with van der Waals surface area (Å²) in [6.07, 6.45) is 1.05. The van der Waals surface area contributed by atoms with E-state index >= 15 is 0 Å². The Morgan fingerprint density at radius 1 is 0.583 bits per heavy atom. The first-order valence-corrected chi connectivity index (χ1v) is 13.9. The minimum Gasteiger partial charge on any atom is -0.134 e. The van der Waals surface area contributed by atoms with Crippen LogP contribution in [0.25, 0.3) is 22.3 Å². The maximum atomic E-state index is 8.70. The van der Waals surface area contributed by atoms with E-state index in [-0.39, 0.29) is 10.8 Å². The van der Waals surface area contributed by atoms with Crippen LogP contribution in [0, 0.1) is 0 Å². The minimum absolute atomic E-state index is 0.105. The van der Waals surface area contributed by atoms with Crippen LogP contribution in [0.5, 0.6) is 0 Å². The van der Waals surface area contributed by atoms with E-state index in [1.807, 2.05) is 0 Å². The van der Waals surface area contributed by atoms with Gasteiger partial charge in [-0.15, -0.1) is 19.6 Å². The highest BCUT2D eigenvalue weighted by molar-refractivity contribution is 7.31. The third kappa shape index (κ3) is 9.99. The molecule has 0 spiro atoms. The van der Waals surface area contributed by atoms with Crippen molar-refractivity contribution in [2.24, 2.45) is 0 Å². The van der Waals surface area contributed by atoms with Gasteiger partial charge in [0.2, 0.25) is 0 Å². The molecule has 0 aliphatic rings. The summed E-state index contributed by atoms with van der Waals surface area (Å²) in [5.41, 5.74) is 9.93. The Balaban J connectivity index is 0.000000709. The van der Waals surface area contributed by atoms with Crippen molar-refractivity contribution in [3.8, 4) is 22.3 Å². The second-order valence-electron chi connectivity index (χ2n) is 10.3. The molecule has 0 saturated carbocycles. The van der Waals surface area contributed by atoms with Crippen molar-refractivity contribution in [3.05, 3.63) is 83.4 Å². The van der Waals surface area contributed by atoms with Crippen molar-refractivity contribution in [2.45, 2.75) is 65.7 Å². The molecule has 0 unspecified atom stereocenters. The van der Waals surface area contributed by atoms with E-state index in [1.54, 1.807) is 0 Å². The standard InChI is InChI=1S/C28H34.2HO3P/c1-8-23-24(27(2,3)4)18-19-25(28(5,6)7)26(23)22-16-14-21(15-17-22)20-12-10-9-11-13-20;2*1-4(2)3/h9-19H,8H2,1-7H3;2*(H-,1,2,3)/p+2. The van der Waals surface area contributed by atoms with Gasteiger partial charge in [-0.1, -0.05) is 115 Å². The van der Waals surface area contributed by atoms with E-state index in [9.17, 15) is 0 Å². The molecule has 0 aromatic heterocycles. The van der Waals surface area contributed by atoms with Crippen LogP contribution >= 0.6 is 16.5 Å². The molecule has 8 heteroatoms. The van der Waals surface area contributed by atoms with Crippen molar-refractivity contribution in [1.82, 2.24) is 0 Å². The average molecular weight is 533 g/mol. The fraction of sp³-hybridized carbons (Fsp3) is 0.357. The monoisotopic (exact) mass is 532 g/mol. The topological polar surface area (TPSA) is 115 Å².